The van der Waals surface area contributed by atoms with Crippen LogP contribution in [-0.4, -0.2) is 40.2 Å². The van der Waals surface area contributed by atoms with E-state index in [-0.39, 0.29) is 24.4 Å². The number of fused-ring (bicyclic) bond motifs is 1. The minimum Gasteiger partial charge on any atom is -0.323 e. The summed E-state index contributed by atoms with van der Waals surface area (Å²) in [6, 6.07) is 6.99. The zero-order chi connectivity index (χ0) is 18.0. The van der Waals surface area contributed by atoms with Crippen LogP contribution in [0.25, 0.3) is 0 Å². The van der Waals surface area contributed by atoms with E-state index in [0.29, 0.717) is 12.2 Å². The summed E-state index contributed by atoms with van der Waals surface area (Å²) in [5.74, 6) is -0.301. The third kappa shape index (κ3) is 3.88. The van der Waals surface area contributed by atoms with Crippen molar-refractivity contribution in [1.29, 1.82) is 0 Å². The van der Waals surface area contributed by atoms with E-state index in [1.165, 1.54) is 4.90 Å². The van der Waals surface area contributed by atoms with Gasteiger partial charge in [-0.15, -0.1) is 0 Å². The molecule has 7 nitrogen and oxygen atoms in total. The molecule has 0 fully saturated rings. The number of anilines is 2. The van der Waals surface area contributed by atoms with E-state index >= 15 is 0 Å². The van der Waals surface area contributed by atoms with Crippen molar-refractivity contribution in [1.82, 2.24) is 15.1 Å². The Morgan fingerprint density at radius 1 is 1.36 bits per heavy atom. The van der Waals surface area contributed by atoms with Gasteiger partial charge in [-0.05, 0) is 38.5 Å². The van der Waals surface area contributed by atoms with Gasteiger partial charge in [0.1, 0.15) is 6.54 Å². The molecule has 2 N–H and O–H groups in total. The first-order chi connectivity index (χ1) is 11.9. The molecule has 2 atom stereocenters. The number of benzene rings is 1. The SMILES string of the molecule is Cc1cnn(C[C@H](C)N[C@@H](C)C(=O)N2CC(=O)Nc3ccccc32)c1. The topological polar surface area (TPSA) is 79.3 Å². The molecule has 0 saturated heterocycles. The van der Waals surface area contributed by atoms with Crippen molar-refractivity contribution in [2.24, 2.45) is 0 Å². The van der Waals surface area contributed by atoms with Gasteiger partial charge in [0, 0.05) is 12.2 Å². The predicted octanol–water partition coefficient (Wildman–Crippen LogP) is 1.54. The predicted molar refractivity (Wildman–Crippen MR) is 96.4 cm³/mol. The van der Waals surface area contributed by atoms with Gasteiger partial charge >= 0.3 is 0 Å². The van der Waals surface area contributed by atoms with Crippen LogP contribution in [0.1, 0.15) is 19.4 Å². The van der Waals surface area contributed by atoms with Crippen LogP contribution in [0.3, 0.4) is 0 Å². The number of aromatic nitrogens is 2. The highest BCUT2D eigenvalue weighted by molar-refractivity contribution is 6.11. The molecular weight excluding hydrogens is 318 g/mol. The van der Waals surface area contributed by atoms with Gasteiger partial charge in [-0.1, -0.05) is 12.1 Å². The Hall–Kier alpha value is -2.67. The molecule has 0 bridgehead atoms. The van der Waals surface area contributed by atoms with E-state index in [0.717, 1.165) is 11.3 Å². The Bertz CT molecular complexity index is 785. The molecule has 1 aromatic heterocycles. The van der Waals surface area contributed by atoms with Crippen LogP contribution in [0.4, 0.5) is 11.4 Å². The molecule has 0 radical (unpaired) electrons. The van der Waals surface area contributed by atoms with Crippen LogP contribution in [-0.2, 0) is 16.1 Å². The molecule has 1 aliphatic heterocycles. The summed E-state index contributed by atoms with van der Waals surface area (Å²) < 4.78 is 1.85. The molecule has 25 heavy (non-hydrogen) atoms. The summed E-state index contributed by atoms with van der Waals surface area (Å²) in [6.07, 6.45) is 3.78. The number of aryl methyl sites for hydroxylation is 1. The van der Waals surface area contributed by atoms with Gasteiger partial charge in [-0.2, -0.15) is 5.10 Å². The van der Waals surface area contributed by atoms with Crippen molar-refractivity contribution in [3.05, 3.63) is 42.2 Å². The fourth-order valence-electron chi connectivity index (χ4n) is 3.06. The molecule has 3 rings (SSSR count). The first kappa shape index (κ1) is 17.2. The molecule has 2 heterocycles. The van der Waals surface area contributed by atoms with E-state index in [2.05, 4.69) is 15.7 Å². The molecule has 2 amide bonds. The third-order valence-corrected chi connectivity index (χ3v) is 4.16. The summed E-state index contributed by atoms with van der Waals surface area (Å²) in [7, 11) is 0. The van der Waals surface area contributed by atoms with E-state index in [9.17, 15) is 9.59 Å². The number of hydrogen-bond donors (Lipinski definition) is 2. The fraction of sp³-hybridized carbons (Fsp3) is 0.389. The molecule has 0 saturated carbocycles. The second-order valence-electron chi connectivity index (χ2n) is 6.52. The number of nitrogens with one attached hydrogen (secondary N) is 2. The Labute approximate surface area is 147 Å². The van der Waals surface area contributed by atoms with E-state index < -0.39 is 6.04 Å². The maximum atomic E-state index is 12.9. The van der Waals surface area contributed by atoms with Crippen LogP contribution >= 0.6 is 0 Å². The number of amides is 2. The van der Waals surface area contributed by atoms with Crippen LogP contribution < -0.4 is 15.5 Å². The lowest BCUT2D eigenvalue weighted by atomic mass is 10.1. The van der Waals surface area contributed by atoms with Gasteiger partial charge in [0.15, 0.2) is 0 Å². The summed E-state index contributed by atoms with van der Waals surface area (Å²) in [4.78, 5) is 26.3. The normalized spacial score (nSPS) is 16.1. The minimum atomic E-state index is -0.411. The first-order valence-electron chi connectivity index (χ1n) is 8.39. The van der Waals surface area contributed by atoms with Crippen molar-refractivity contribution >= 4 is 23.2 Å². The highest BCUT2D eigenvalue weighted by Gasteiger charge is 2.29. The summed E-state index contributed by atoms with van der Waals surface area (Å²) in [6.45, 7) is 6.53. The molecule has 0 aliphatic carbocycles. The van der Waals surface area contributed by atoms with Gasteiger partial charge in [0.2, 0.25) is 11.8 Å². The number of rotatable bonds is 5. The van der Waals surface area contributed by atoms with Crippen LogP contribution in [0, 0.1) is 6.92 Å². The highest BCUT2D eigenvalue weighted by Crippen LogP contribution is 2.29. The number of nitrogens with zero attached hydrogens (tertiary/aromatic N) is 3. The first-order valence-corrected chi connectivity index (χ1v) is 8.39. The average Bonchev–Trinajstić information content (AvgIpc) is 2.97. The van der Waals surface area contributed by atoms with E-state index in [4.69, 9.17) is 0 Å². The number of carbonyl (C=O) groups excluding carboxylic acids is 2. The van der Waals surface area contributed by atoms with Gasteiger partial charge < -0.3 is 10.6 Å². The van der Waals surface area contributed by atoms with E-state index in [1.807, 2.05) is 56.0 Å². The average molecular weight is 341 g/mol. The van der Waals surface area contributed by atoms with Gasteiger partial charge in [0.25, 0.3) is 0 Å². The monoisotopic (exact) mass is 341 g/mol. The third-order valence-electron chi connectivity index (χ3n) is 4.16. The highest BCUT2D eigenvalue weighted by atomic mass is 16.2. The Balaban J connectivity index is 1.67. The van der Waals surface area contributed by atoms with Crippen molar-refractivity contribution in [2.45, 2.75) is 39.4 Å². The molecule has 2 aromatic rings. The van der Waals surface area contributed by atoms with Crippen LogP contribution in [0.15, 0.2) is 36.7 Å². The lowest BCUT2D eigenvalue weighted by Gasteiger charge is -2.32. The fourth-order valence-corrected chi connectivity index (χ4v) is 3.06. The standard InChI is InChI=1S/C18H23N5O2/c1-12-8-19-22(9-12)10-13(2)20-14(3)18(25)23-11-17(24)21-15-6-4-5-7-16(15)23/h4-9,13-14,20H,10-11H2,1-3H3,(H,21,24)/t13-,14-/m0/s1. The number of para-hydroxylation sites is 2. The van der Waals surface area contributed by atoms with Gasteiger partial charge in [-0.3, -0.25) is 19.2 Å². The van der Waals surface area contributed by atoms with Gasteiger partial charge in [0.05, 0.1) is 30.2 Å². The lowest BCUT2D eigenvalue weighted by Crippen LogP contribution is -2.52. The van der Waals surface area contributed by atoms with Gasteiger partial charge in [-0.25, -0.2) is 0 Å². The Kier molecular flexibility index (Phi) is 4.85. The Morgan fingerprint density at radius 3 is 2.84 bits per heavy atom. The van der Waals surface area contributed by atoms with Crippen molar-refractivity contribution in [3.63, 3.8) is 0 Å². The molecule has 132 valence electrons. The summed E-state index contributed by atoms with van der Waals surface area (Å²) in [5.41, 5.74) is 2.50. The van der Waals surface area contributed by atoms with Crippen molar-refractivity contribution in [2.75, 3.05) is 16.8 Å². The van der Waals surface area contributed by atoms with E-state index in [1.54, 1.807) is 6.07 Å². The quantitative estimate of drug-likeness (QED) is 0.865. The molecule has 1 aromatic carbocycles. The van der Waals surface area contributed by atoms with Crippen molar-refractivity contribution < 1.29 is 9.59 Å². The smallest absolute Gasteiger partial charge is 0.244 e. The largest absolute Gasteiger partial charge is 0.323 e. The molecule has 0 unspecified atom stereocenters. The molecular formula is C18H23N5O2. The second-order valence-corrected chi connectivity index (χ2v) is 6.52. The van der Waals surface area contributed by atoms with Crippen LogP contribution in [0.5, 0.6) is 0 Å². The van der Waals surface area contributed by atoms with Crippen LogP contribution in [0.2, 0.25) is 0 Å². The maximum Gasteiger partial charge on any atom is 0.244 e. The zero-order valence-electron chi connectivity index (χ0n) is 14.7. The summed E-state index contributed by atoms with van der Waals surface area (Å²) in [5, 5.41) is 10.4. The second kappa shape index (κ2) is 7.06. The maximum absolute atomic E-state index is 12.9. The van der Waals surface area contributed by atoms with Crippen molar-refractivity contribution in [3.8, 4) is 0 Å². The molecule has 7 heteroatoms. The summed E-state index contributed by atoms with van der Waals surface area (Å²) >= 11 is 0. The molecule has 0 spiro atoms. The zero-order valence-corrected chi connectivity index (χ0v) is 14.7. The number of hydrogen-bond acceptors (Lipinski definition) is 4. The molecule has 1 aliphatic rings. The number of carbonyl (C=O) groups is 2. The minimum absolute atomic E-state index is 0.0363. The Morgan fingerprint density at radius 2 is 2.12 bits per heavy atom. The lowest BCUT2D eigenvalue weighted by molar-refractivity contribution is -0.123.